The summed E-state index contributed by atoms with van der Waals surface area (Å²) in [5.41, 5.74) is 1.66. The molecule has 6 nitrogen and oxygen atoms in total. The highest BCUT2D eigenvalue weighted by molar-refractivity contribution is 5.95. The van der Waals surface area contributed by atoms with Gasteiger partial charge < -0.3 is 15.1 Å². The number of carbonyl (C=O) groups is 3. The Balaban J connectivity index is 1.27. The number of rotatable bonds is 5. The zero-order chi connectivity index (χ0) is 21.8. The number of amides is 3. The first kappa shape index (κ1) is 21.0. The molecule has 0 aromatic heterocycles. The molecule has 0 aliphatic carbocycles. The third-order valence-corrected chi connectivity index (χ3v) is 5.98. The van der Waals surface area contributed by atoms with Crippen molar-refractivity contribution in [2.75, 3.05) is 19.6 Å². The molecule has 2 fully saturated rings. The van der Waals surface area contributed by atoms with Gasteiger partial charge in [0.15, 0.2) is 0 Å². The molecule has 3 amide bonds. The van der Waals surface area contributed by atoms with Crippen molar-refractivity contribution in [3.63, 3.8) is 0 Å². The first-order valence-electron chi connectivity index (χ1n) is 10.7. The van der Waals surface area contributed by atoms with Crippen LogP contribution < -0.4 is 5.32 Å². The molecular weight excluding hydrogens is 397 g/mol. The second-order valence-corrected chi connectivity index (χ2v) is 8.14. The second kappa shape index (κ2) is 9.29. The highest BCUT2D eigenvalue weighted by Crippen LogP contribution is 2.18. The summed E-state index contributed by atoms with van der Waals surface area (Å²) in [4.78, 5) is 40.3. The number of hydrogen-bond donors (Lipinski definition) is 1. The van der Waals surface area contributed by atoms with Crippen molar-refractivity contribution in [1.29, 1.82) is 0 Å². The highest BCUT2D eigenvalue weighted by atomic mass is 19.1. The van der Waals surface area contributed by atoms with E-state index in [4.69, 9.17) is 0 Å². The fourth-order valence-electron chi connectivity index (χ4n) is 4.15. The minimum absolute atomic E-state index is 0.0286. The SMILES string of the molecule is O=C(NC1CCN(C(=O)c2ccccc2F)CC1)c1ccc(CN2CCCC2=O)cc1. The second-order valence-electron chi connectivity index (χ2n) is 8.14. The predicted octanol–water partition coefficient (Wildman–Crippen LogP) is 2.98. The lowest BCUT2D eigenvalue weighted by Crippen LogP contribution is -2.46. The standard InChI is InChI=1S/C24H26FN3O3/c25-21-5-2-1-4-20(21)24(31)27-14-11-19(12-15-27)26-23(30)18-9-7-17(8-10-18)16-28-13-3-6-22(28)29/h1-2,4-5,7-10,19H,3,6,11-16H2,(H,26,30). The van der Waals surface area contributed by atoms with Crippen LogP contribution in [0.15, 0.2) is 48.5 Å². The maximum absolute atomic E-state index is 13.9. The molecule has 2 aromatic rings. The number of halogens is 1. The monoisotopic (exact) mass is 423 g/mol. The molecule has 0 bridgehead atoms. The van der Waals surface area contributed by atoms with Crippen LogP contribution in [0, 0.1) is 5.82 Å². The number of nitrogens with one attached hydrogen (secondary N) is 1. The van der Waals surface area contributed by atoms with Gasteiger partial charge in [-0.15, -0.1) is 0 Å². The summed E-state index contributed by atoms with van der Waals surface area (Å²) < 4.78 is 13.9. The largest absolute Gasteiger partial charge is 0.349 e. The van der Waals surface area contributed by atoms with Crippen LogP contribution in [0.2, 0.25) is 0 Å². The molecule has 2 aliphatic rings. The smallest absolute Gasteiger partial charge is 0.256 e. The molecule has 2 heterocycles. The first-order valence-corrected chi connectivity index (χ1v) is 10.7. The average Bonchev–Trinajstić information content (AvgIpc) is 3.19. The summed E-state index contributed by atoms with van der Waals surface area (Å²) >= 11 is 0. The minimum atomic E-state index is -0.513. The van der Waals surface area contributed by atoms with Gasteiger partial charge in [-0.25, -0.2) is 4.39 Å². The van der Waals surface area contributed by atoms with Crippen LogP contribution in [0.5, 0.6) is 0 Å². The van der Waals surface area contributed by atoms with E-state index >= 15 is 0 Å². The Labute approximate surface area is 181 Å². The number of likely N-dealkylation sites (tertiary alicyclic amines) is 2. The molecule has 0 radical (unpaired) electrons. The first-order chi connectivity index (χ1) is 15.0. The van der Waals surface area contributed by atoms with Crippen molar-refractivity contribution in [3.05, 3.63) is 71.0 Å². The maximum atomic E-state index is 13.9. The van der Waals surface area contributed by atoms with Gasteiger partial charge in [-0.05, 0) is 49.1 Å². The zero-order valence-electron chi connectivity index (χ0n) is 17.4. The summed E-state index contributed by atoms with van der Waals surface area (Å²) in [6.45, 7) is 2.32. The summed E-state index contributed by atoms with van der Waals surface area (Å²) in [5.74, 6) is -0.792. The Morgan fingerprint density at radius 2 is 1.71 bits per heavy atom. The normalized spacial score (nSPS) is 17.1. The fraction of sp³-hybridized carbons (Fsp3) is 0.375. The topological polar surface area (TPSA) is 69.7 Å². The van der Waals surface area contributed by atoms with Gasteiger partial charge in [0.2, 0.25) is 5.91 Å². The fourth-order valence-corrected chi connectivity index (χ4v) is 4.15. The lowest BCUT2D eigenvalue weighted by molar-refractivity contribution is -0.128. The number of nitrogens with zero attached hydrogens (tertiary/aromatic N) is 2. The molecule has 2 aliphatic heterocycles. The van der Waals surface area contributed by atoms with E-state index in [-0.39, 0.29) is 29.3 Å². The highest BCUT2D eigenvalue weighted by Gasteiger charge is 2.26. The van der Waals surface area contributed by atoms with Crippen molar-refractivity contribution < 1.29 is 18.8 Å². The Bertz CT molecular complexity index is 968. The van der Waals surface area contributed by atoms with E-state index in [0.29, 0.717) is 44.5 Å². The van der Waals surface area contributed by atoms with Crippen LogP contribution in [0.3, 0.4) is 0 Å². The van der Waals surface area contributed by atoms with Gasteiger partial charge >= 0.3 is 0 Å². The molecule has 1 N–H and O–H groups in total. The molecule has 162 valence electrons. The van der Waals surface area contributed by atoms with Crippen molar-refractivity contribution >= 4 is 17.7 Å². The van der Waals surface area contributed by atoms with Crippen molar-refractivity contribution in [3.8, 4) is 0 Å². The van der Waals surface area contributed by atoms with E-state index in [9.17, 15) is 18.8 Å². The molecule has 0 spiro atoms. The van der Waals surface area contributed by atoms with Gasteiger partial charge in [-0.3, -0.25) is 14.4 Å². The minimum Gasteiger partial charge on any atom is -0.349 e. The number of carbonyl (C=O) groups excluding carboxylic acids is 3. The number of hydrogen-bond acceptors (Lipinski definition) is 3. The molecule has 0 saturated carbocycles. The zero-order valence-corrected chi connectivity index (χ0v) is 17.4. The molecule has 0 atom stereocenters. The lowest BCUT2D eigenvalue weighted by atomic mass is 10.0. The van der Waals surface area contributed by atoms with E-state index in [0.717, 1.165) is 18.5 Å². The van der Waals surface area contributed by atoms with Gasteiger partial charge in [-0.2, -0.15) is 0 Å². The molecular formula is C24H26FN3O3. The van der Waals surface area contributed by atoms with Crippen LogP contribution in [0.1, 0.15) is 52.0 Å². The third kappa shape index (κ3) is 4.93. The lowest BCUT2D eigenvalue weighted by Gasteiger charge is -2.32. The summed E-state index contributed by atoms with van der Waals surface area (Å²) in [7, 11) is 0. The van der Waals surface area contributed by atoms with Gasteiger partial charge in [-0.1, -0.05) is 24.3 Å². The van der Waals surface area contributed by atoms with Crippen LogP contribution in [-0.2, 0) is 11.3 Å². The average molecular weight is 423 g/mol. The molecule has 2 aromatic carbocycles. The van der Waals surface area contributed by atoms with E-state index in [1.54, 1.807) is 29.2 Å². The molecule has 31 heavy (non-hydrogen) atoms. The van der Waals surface area contributed by atoms with Crippen molar-refractivity contribution in [2.24, 2.45) is 0 Å². The van der Waals surface area contributed by atoms with E-state index in [2.05, 4.69) is 5.32 Å². The van der Waals surface area contributed by atoms with E-state index < -0.39 is 5.82 Å². The summed E-state index contributed by atoms with van der Waals surface area (Å²) in [6.07, 6.45) is 2.78. The van der Waals surface area contributed by atoms with Crippen molar-refractivity contribution in [2.45, 2.75) is 38.3 Å². The van der Waals surface area contributed by atoms with Crippen LogP contribution in [0.4, 0.5) is 4.39 Å². The summed E-state index contributed by atoms with van der Waals surface area (Å²) in [6, 6.07) is 13.3. The van der Waals surface area contributed by atoms with Crippen molar-refractivity contribution in [1.82, 2.24) is 15.1 Å². The van der Waals surface area contributed by atoms with E-state index in [1.807, 2.05) is 17.0 Å². The molecule has 7 heteroatoms. The summed E-state index contributed by atoms with van der Waals surface area (Å²) in [5, 5.41) is 3.03. The van der Waals surface area contributed by atoms with E-state index in [1.165, 1.54) is 12.1 Å². The molecule has 4 rings (SSSR count). The third-order valence-electron chi connectivity index (χ3n) is 5.98. The predicted molar refractivity (Wildman–Crippen MR) is 114 cm³/mol. The number of benzene rings is 2. The van der Waals surface area contributed by atoms with Gasteiger partial charge in [0.05, 0.1) is 5.56 Å². The van der Waals surface area contributed by atoms with Crippen LogP contribution in [0.25, 0.3) is 0 Å². The maximum Gasteiger partial charge on any atom is 0.256 e. The Hall–Kier alpha value is -3.22. The van der Waals surface area contributed by atoms with Crippen LogP contribution in [-0.4, -0.2) is 53.2 Å². The van der Waals surface area contributed by atoms with Gasteiger partial charge in [0.1, 0.15) is 5.82 Å². The Morgan fingerprint density at radius 1 is 1.00 bits per heavy atom. The number of piperidine rings is 1. The molecule has 2 saturated heterocycles. The van der Waals surface area contributed by atoms with Crippen LogP contribution >= 0.6 is 0 Å². The Kier molecular flexibility index (Phi) is 6.30. The van der Waals surface area contributed by atoms with Gasteiger partial charge in [0, 0.05) is 44.2 Å². The Morgan fingerprint density at radius 3 is 2.35 bits per heavy atom. The quantitative estimate of drug-likeness (QED) is 0.804. The van der Waals surface area contributed by atoms with Gasteiger partial charge in [0.25, 0.3) is 11.8 Å². The molecule has 0 unspecified atom stereocenters.